The molecule has 0 saturated heterocycles. The van der Waals surface area contributed by atoms with Gasteiger partial charge in [-0.2, -0.15) is 5.10 Å². The average Bonchev–Trinajstić information content (AvgIpc) is 3.05. The molecule has 2 aromatic heterocycles. The van der Waals surface area contributed by atoms with E-state index >= 15 is 0 Å². The molecule has 0 radical (unpaired) electrons. The highest BCUT2D eigenvalue weighted by atomic mass is 79.9. The van der Waals surface area contributed by atoms with Gasteiger partial charge in [0.25, 0.3) is 11.8 Å². The molecule has 30 heavy (non-hydrogen) atoms. The summed E-state index contributed by atoms with van der Waals surface area (Å²) < 4.78 is 2.74. The number of hydrogen-bond donors (Lipinski definition) is 2. The van der Waals surface area contributed by atoms with Crippen LogP contribution in [-0.2, 0) is 0 Å². The summed E-state index contributed by atoms with van der Waals surface area (Å²) in [5.41, 5.74) is 2.75. The first kappa shape index (κ1) is 22.2. The summed E-state index contributed by atoms with van der Waals surface area (Å²) in [6.07, 6.45) is 1.65. The molecule has 2 amide bonds. The van der Waals surface area contributed by atoms with Crippen LogP contribution in [0.2, 0.25) is 0 Å². The van der Waals surface area contributed by atoms with E-state index in [1.54, 1.807) is 18.3 Å². The van der Waals surface area contributed by atoms with Gasteiger partial charge in [0.2, 0.25) is 0 Å². The van der Waals surface area contributed by atoms with Crippen molar-refractivity contribution in [2.24, 2.45) is 0 Å². The number of pyridine rings is 1. The highest BCUT2D eigenvalue weighted by Crippen LogP contribution is 2.27. The summed E-state index contributed by atoms with van der Waals surface area (Å²) in [6.45, 7) is 7.49. The smallest absolute Gasteiger partial charge is 0.274 e. The van der Waals surface area contributed by atoms with Gasteiger partial charge in [0.05, 0.1) is 11.3 Å². The quantitative estimate of drug-likeness (QED) is 0.492. The molecular formula is C21H21Br2N5O2. The number of carbonyl (C=O) groups is 2. The monoisotopic (exact) mass is 533 g/mol. The molecule has 0 aliphatic rings. The Kier molecular flexibility index (Phi) is 6.72. The van der Waals surface area contributed by atoms with E-state index < -0.39 is 5.91 Å². The van der Waals surface area contributed by atoms with Gasteiger partial charge in [-0.25, -0.2) is 9.67 Å². The van der Waals surface area contributed by atoms with Gasteiger partial charge < -0.3 is 10.6 Å². The third-order valence-corrected chi connectivity index (χ3v) is 5.14. The van der Waals surface area contributed by atoms with Crippen molar-refractivity contribution in [1.29, 1.82) is 0 Å². The predicted octanol–water partition coefficient (Wildman–Crippen LogP) is 4.80. The number of nitrogens with zero attached hydrogens (tertiary/aromatic N) is 3. The first-order chi connectivity index (χ1) is 14.2. The number of carbonyl (C=O) groups excluding carboxylic acids is 2. The summed E-state index contributed by atoms with van der Waals surface area (Å²) >= 11 is 6.76. The Balaban J connectivity index is 2.02. The predicted molar refractivity (Wildman–Crippen MR) is 123 cm³/mol. The molecule has 7 nitrogen and oxygen atoms in total. The molecule has 0 fully saturated rings. The fraction of sp³-hybridized carbons (Fsp3) is 0.238. The number of rotatable bonds is 5. The molecule has 0 unspecified atom stereocenters. The van der Waals surface area contributed by atoms with Crippen molar-refractivity contribution in [3.63, 3.8) is 0 Å². The van der Waals surface area contributed by atoms with Crippen LogP contribution in [0.25, 0.3) is 5.82 Å². The maximum Gasteiger partial charge on any atom is 0.274 e. The lowest BCUT2D eigenvalue weighted by Crippen LogP contribution is -2.31. The van der Waals surface area contributed by atoms with Gasteiger partial charge in [-0.05, 0) is 73.0 Å². The van der Waals surface area contributed by atoms with Crippen molar-refractivity contribution >= 4 is 49.4 Å². The third kappa shape index (κ3) is 4.79. The summed E-state index contributed by atoms with van der Waals surface area (Å²) in [5.74, 6) is -0.110. The van der Waals surface area contributed by atoms with Crippen LogP contribution in [-0.4, -0.2) is 32.6 Å². The number of aryl methyl sites for hydroxylation is 2. The Morgan fingerprint density at radius 1 is 1.07 bits per heavy atom. The fourth-order valence-corrected chi connectivity index (χ4v) is 3.93. The summed E-state index contributed by atoms with van der Waals surface area (Å²) in [5, 5.41) is 10.1. The molecule has 3 rings (SSSR count). The SMILES string of the molecule is Cc1cccnc1-n1nc(Br)cc1C(=O)Nc1c(C)cc(Br)cc1C(=O)NC(C)C. The van der Waals surface area contributed by atoms with Crippen molar-refractivity contribution in [3.05, 3.63) is 68.0 Å². The number of halogens is 2. The molecule has 3 aromatic rings. The minimum Gasteiger partial charge on any atom is -0.350 e. The van der Waals surface area contributed by atoms with Crippen LogP contribution in [0.1, 0.15) is 45.8 Å². The highest BCUT2D eigenvalue weighted by Gasteiger charge is 2.22. The standard InChI is InChI=1S/C21H21Br2N5O2/c1-11(2)25-20(29)15-9-14(22)8-13(4)18(15)26-21(30)16-10-17(23)27-28(16)19-12(3)6-5-7-24-19/h5-11H,1-4H3,(H,25,29)(H,26,30). The molecule has 0 bridgehead atoms. The van der Waals surface area contributed by atoms with E-state index in [2.05, 4.69) is 52.6 Å². The zero-order valence-electron chi connectivity index (χ0n) is 17.0. The van der Waals surface area contributed by atoms with Crippen LogP contribution in [0, 0.1) is 13.8 Å². The topological polar surface area (TPSA) is 88.9 Å². The molecule has 0 spiro atoms. The van der Waals surface area contributed by atoms with Gasteiger partial charge >= 0.3 is 0 Å². The second kappa shape index (κ2) is 9.09. The zero-order valence-corrected chi connectivity index (χ0v) is 20.1. The molecule has 0 aliphatic carbocycles. The number of hydrogen-bond acceptors (Lipinski definition) is 4. The summed E-state index contributed by atoms with van der Waals surface area (Å²) in [4.78, 5) is 30.3. The molecule has 0 aliphatic heterocycles. The van der Waals surface area contributed by atoms with E-state index in [1.807, 2.05) is 45.9 Å². The van der Waals surface area contributed by atoms with Gasteiger partial charge in [0, 0.05) is 22.8 Å². The molecule has 1 aromatic carbocycles. The molecule has 2 heterocycles. The Morgan fingerprint density at radius 3 is 2.47 bits per heavy atom. The first-order valence-electron chi connectivity index (χ1n) is 9.27. The minimum atomic E-state index is -0.401. The van der Waals surface area contributed by atoms with Gasteiger partial charge in [0.15, 0.2) is 5.82 Å². The van der Waals surface area contributed by atoms with Crippen molar-refractivity contribution in [2.45, 2.75) is 33.7 Å². The third-order valence-electron chi connectivity index (χ3n) is 4.30. The van der Waals surface area contributed by atoms with E-state index in [9.17, 15) is 9.59 Å². The molecule has 0 atom stereocenters. The van der Waals surface area contributed by atoms with Crippen LogP contribution in [0.4, 0.5) is 5.69 Å². The normalized spacial score (nSPS) is 10.9. The summed E-state index contributed by atoms with van der Waals surface area (Å²) in [7, 11) is 0. The van der Waals surface area contributed by atoms with Crippen molar-refractivity contribution in [3.8, 4) is 5.82 Å². The van der Waals surface area contributed by atoms with Gasteiger partial charge in [-0.15, -0.1) is 0 Å². The molecule has 0 saturated carbocycles. The Morgan fingerprint density at radius 2 is 1.80 bits per heavy atom. The van der Waals surface area contributed by atoms with Crippen LogP contribution in [0.5, 0.6) is 0 Å². The van der Waals surface area contributed by atoms with E-state index in [1.165, 1.54) is 4.68 Å². The maximum absolute atomic E-state index is 13.2. The lowest BCUT2D eigenvalue weighted by molar-refractivity contribution is 0.0944. The molecular weight excluding hydrogens is 514 g/mol. The maximum atomic E-state index is 13.2. The lowest BCUT2D eigenvalue weighted by atomic mass is 10.1. The Bertz CT molecular complexity index is 1120. The van der Waals surface area contributed by atoms with Crippen molar-refractivity contribution < 1.29 is 9.59 Å². The van der Waals surface area contributed by atoms with E-state index in [0.717, 1.165) is 15.6 Å². The number of aromatic nitrogens is 3. The number of benzene rings is 1. The van der Waals surface area contributed by atoms with E-state index in [4.69, 9.17) is 0 Å². The molecule has 2 N–H and O–H groups in total. The van der Waals surface area contributed by atoms with E-state index in [-0.39, 0.29) is 11.9 Å². The fourth-order valence-electron chi connectivity index (χ4n) is 2.98. The van der Waals surface area contributed by atoms with Gasteiger partial charge in [0.1, 0.15) is 10.3 Å². The van der Waals surface area contributed by atoms with Crippen molar-refractivity contribution in [1.82, 2.24) is 20.1 Å². The lowest BCUT2D eigenvalue weighted by Gasteiger charge is -2.16. The van der Waals surface area contributed by atoms with Crippen LogP contribution >= 0.6 is 31.9 Å². The summed E-state index contributed by atoms with van der Waals surface area (Å²) in [6, 6.07) is 8.83. The van der Waals surface area contributed by atoms with E-state index in [0.29, 0.717) is 27.4 Å². The number of anilines is 1. The van der Waals surface area contributed by atoms with Crippen molar-refractivity contribution in [2.75, 3.05) is 5.32 Å². The highest BCUT2D eigenvalue weighted by molar-refractivity contribution is 9.10. The Hall–Kier alpha value is -2.52. The second-order valence-electron chi connectivity index (χ2n) is 7.14. The van der Waals surface area contributed by atoms with Gasteiger partial charge in [-0.3, -0.25) is 9.59 Å². The van der Waals surface area contributed by atoms with Gasteiger partial charge in [-0.1, -0.05) is 22.0 Å². The minimum absolute atomic E-state index is 0.0372. The molecule has 156 valence electrons. The number of amides is 2. The largest absolute Gasteiger partial charge is 0.350 e. The Labute approximate surface area is 191 Å². The molecule has 9 heteroatoms. The second-order valence-corrected chi connectivity index (χ2v) is 8.86. The van der Waals surface area contributed by atoms with Crippen LogP contribution < -0.4 is 10.6 Å². The first-order valence-corrected chi connectivity index (χ1v) is 10.9. The number of nitrogens with one attached hydrogen (secondary N) is 2. The zero-order chi connectivity index (χ0) is 22.0. The van der Waals surface area contributed by atoms with Crippen LogP contribution in [0.3, 0.4) is 0 Å². The average molecular weight is 535 g/mol. The van der Waals surface area contributed by atoms with Crippen LogP contribution in [0.15, 0.2) is 45.6 Å².